The van der Waals surface area contributed by atoms with Crippen molar-refractivity contribution in [3.05, 3.63) is 69.7 Å². The number of hydrogen-bond acceptors (Lipinski definition) is 5. The van der Waals surface area contributed by atoms with Crippen LogP contribution in [0, 0.1) is 0 Å². The average Bonchev–Trinajstić information content (AvgIpc) is 3.32. The Kier molecular flexibility index (Phi) is 4.26. The Labute approximate surface area is 153 Å². The molecule has 8 heteroatoms. The number of carboxylic acid groups (broad SMARTS) is 1. The molecule has 0 saturated heterocycles. The molecule has 1 aliphatic heterocycles. The van der Waals surface area contributed by atoms with Gasteiger partial charge in [0.25, 0.3) is 5.91 Å². The summed E-state index contributed by atoms with van der Waals surface area (Å²) in [5.74, 6) is -1.43. The van der Waals surface area contributed by atoms with Gasteiger partial charge in [-0.05, 0) is 22.6 Å². The zero-order valence-corrected chi connectivity index (χ0v) is 14.6. The van der Waals surface area contributed by atoms with Gasteiger partial charge in [-0.1, -0.05) is 35.5 Å². The summed E-state index contributed by atoms with van der Waals surface area (Å²) in [6.45, 7) is 0.785. The fraction of sp³-hybridized carbons (Fsp3) is 0.222. The van der Waals surface area contributed by atoms with E-state index >= 15 is 0 Å². The molecule has 0 radical (unpaired) electrons. The lowest BCUT2D eigenvalue weighted by atomic mass is 9.94. The number of fused-ring (bicyclic) bond motifs is 1. The van der Waals surface area contributed by atoms with Gasteiger partial charge in [0.15, 0.2) is 5.69 Å². The van der Waals surface area contributed by atoms with Crippen LogP contribution >= 0.6 is 11.3 Å². The zero-order valence-electron chi connectivity index (χ0n) is 13.8. The van der Waals surface area contributed by atoms with Gasteiger partial charge in [-0.3, -0.25) is 4.79 Å². The van der Waals surface area contributed by atoms with Gasteiger partial charge < -0.3 is 10.0 Å². The molecule has 26 heavy (non-hydrogen) atoms. The standard InChI is InChI=1S/C18H16N4O3S/c23-17(15-11-21(20-19-15)10-14-6-3-7-26-14)22-9-13-5-2-1-4-12(13)8-16(22)18(24)25/h1-7,11,16H,8-10H2,(H,24,25). The quantitative estimate of drug-likeness (QED) is 0.761. The lowest BCUT2D eigenvalue weighted by Crippen LogP contribution is -2.48. The van der Waals surface area contributed by atoms with E-state index in [4.69, 9.17) is 0 Å². The number of carbonyl (C=O) groups is 2. The highest BCUT2D eigenvalue weighted by Gasteiger charge is 2.35. The second-order valence-electron chi connectivity index (χ2n) is 6.14. The highest BCUT2D eigenvalue weighted by molar-refractivity contribution is 7.09. The molecule has 2 aromatic heterocycles. The van der Waals surface area contributed by atoms with Gasteiger partial charge in [-0.15, -0.1) is 16.4 Å². The maximum absolute atomic E-state index is 12.9. The van der Waals surface area contributed by atoms with Crippen LogP contribution in [-0.4, -0.2) is 42.9 Å². The van der Waals surface area contributed by atoms with Gasteiger partial charge >= 0.3 is 5.97 Å². The normalized spacial score (nSPS) is 16.3. The number of benzene rings is 1. The van der Waals surface area contributed by atoms with Crippen LogP contribution in [0.5, 0.6) is 0 Å². The molecular formula is C18H16N4O3S. The minimum absolute atomic E-state index is 0.159. The SMILES string of the molecule is O=C(O)C1Cc2ccccc2CN1C(=O)c1cn(Cc2cccs2)nn1. The number of carboxylic acids is 1. The third-order valence-electron chi connectivity index (χ3n) is 4.45. The van der Waals surface area contributed by atoms with Gasteiger partial charge in [0.1, 0.15) is 6.04 Å². The minimum atomic E-state index is -1.01. The number of nitrogens with zero attached hydrogens (tertiary/aromatic N) is 4. The van der Waals surface area contributed by atoms with E-state index in [1.54, 1.807) is 22.2 Å². The van der Waals surface area contributed by atoms with Gasteiger partial charge in [0, 0.05) is 17.8 Å². The van der Waals surface area contributed by atoms with Crippen LogP contribution < -0.4 is 0 Å². The smallest absolute Gasteiger partial charge is 0.326 e. The Morgan fingerprint density at radius 3 is 2.73 bits per heavy atom. The molecule has 1 amide bonds. The molecule has 1 N–H and O–H groups in total. The lowest BCUT2D eigenvalue weighted by molar-refractivity contribution is -0.142. The first-order valence-corrected chi connectivity index (χ1v) is 9.03. The Morgan fingerprint density at radius 2 is 2.00 bits per heavy atom. The van der Waals surface area contributed by atoms with Gasteiger partial charge in [0.05, 0.1) is 12.7 Å². The third kappa shape index (κ3) is 3.11. The summed E-state index contributed by atoms with van der Waals surface area (Å²) in [4.78, 5) is 27.0. The Bertz CT molecular complexity index is 951. The molecule has 3 aromatic rings. The largest absolute Gasteiger partial charge is 0.480 e. The highest BCUT2D eigenvalue weighted by atomic mass is 32.1. The third-order valence-corrected chi connectivity index (χ3v) is 5.31. The van der Waals surface area contributed by atoms with Gasteiger partial charge in [-0.2, -0.15) is 0 Å². The van der Waals surface area contributed by atoms with Gasteiger partial charge in [-0.25, -0.2) is 9.48 Å². The molecule has 0 aliphatic carbocycles. The topological polar surface area (TPSA) is 88.3 Å². The monoisotopic (exact) mass is 368 g/mol. The van der Waals surface area contributed by atoms with Crippen molar-refractivity contribution < 1.29 is 14.7 Å². The summed E-state index contributed by atoms with van der Waals surface area (Å²) in [5.41, 5.74) is 2.09. The number of rotatable bonds is 4. The van der Waals surface area contributed by atoms with E-state index in [-0.39, 0.29) is 12.2 Å². The van der Waals surface area contributed by atoms with Crippen LogP contribution in [0.15, 0.2) is 48.0 Å². The van der Waals surface area contributed by atoms with Crippen molar-refractivity contribution in [1.82, 2.24) is 19.9 Å². The second kappa shape index (κ2) is 6.72. The van der Waals surface area contributed by atoms with Crippen LogP contribution in [0.1, 0.15) is 26.5 Å². The van der Waals surface area contributed by atoms with E-state index in [9.17, 15) is 14.7 Å². The van der Waals surface area contributed by atoms with E-state index in [2.05, 4.69) is 10.3 Å². The van der Waals surface area contributed by atoms with Gasteiger partial charge in [0.2, 0.25) is 0 Å². The number of amides is 1. The first-order valence-electron chi connectivity index (χ1n) is 8.15. The van der Waals surface area contributed by atoms with Crippen LogP contribution in [0.4, 0.5) is 0 Å². The van der Waals surface area contributed by atoms with Crippen molar-refractivity contribution in [2.75, 3.05) is 0 Å². The summed E-state index contributed by atoms with van der Waals surface area (Å²) >= 11 is 1.60. The average molecular weight is 368 g/mol. The molecule has 1 aromatic carbocycles. The predicted molar refractivity (Wildman–Crippen MR) is 94.9 cm³/mol. The second-order valence-corrected chi connectivity index (χ2v) is 7.17. The van der Waals surface area contributed by atoms with E-state index in [1.807, 2.05) is 41.8 Å². The number of thiophene rings is 1. The van der Waals surface area contributed by atoms with Crippen molar-refractivity contribution in [2.45, 2.75) is 25.6 Å². The fourth-order valence-electron chi connectivity index (χ4n) is 3.14. The van der Waals surface area contributed by atoms with Crippen LogP contribution in [0.25, 0.3) is 0 Å². The summed E-state index contributed by atoms with van der Waals surface area (Å²) in [6.07, 6.45) is 1.86. The maximum Gasteiger partial charge on any atom is 0.326 e. The molecule has 3 heterocycles. The van der Waals surface area contributed by atoms with E-state index in [0.717, 1.165) is 16.0 Å². The number of aromatic nitrogens is 3. The summed E-state index contributed by atoms with van der Waals surface area (Å²) in [6, 6.07) is 10.6. The summed E-state index contributed by atoms with van der Waals surface area (Å²) in [5, 5.41) is 19.5. The van der Waals surface area contributed by atoms with Crippen molar-refractivity contribution in [3.8, 4) is 0 Å². The van der Waals surface area contributed by atoms with Crippen molar-refractivity contribution in [1.29, 1.82) is 0 Å². The zero-order chi connectivity index (χ0) is 18.1. The molecule has 0 spiro atoms. The molecule has 1 aliphatic rings. The fourth-order valence-corrected chi connectivity index (χ4v) is 3.84. The van der Waals surface area contributed by atoms with E-state index in [0.29, 0.717) is 13.0 Å². The first-order chi connectivity index (χ1) is 12.6. The molecule has 0 saturated carbocycles. The highest BCUT2D eigenvalue weighted by Crippen LogP contribution is 2.25. The van der Waals surface area contributed by atoms with E-state index < -0.39 is 17.9 Å². The molecule has 0 bridgehead atoms. The minimum Gasteiger partial charge on any atom is -0.480 e. The van der Waals surface area contributed by atoms with Crippen molar-refractivity contribution in [2.24, 2.45) is 0 Å². The van der Waals surface area contributed by atoms with Crippen LogP contribution in [0.3, 0.4) is 0 Å². The lowest BCUT2D eigenvalue weighted by Gasteiger charge is -2.33. The van der Waals surface area contributed by atoms with Crippen molar-refractivity contribution >= 4 is 23.2 Å². The summed E-state index contributed by atoms with van der Waals surface area (Å²) < 4.78 is 1.59. The van der Waals surface area contributed by atoms with Crippen LogP contribution in [-0.2, 0) is 24.3 Å². The van der Waals surface area contributed by atoms with Crippen LogP contribution in [0.2, 0.25) is 0 Å². The molecular weight excluding hydrogens is 352 g/mol. The first kappa shape index (κ1) is 16.5. The Morgan fingerprint density at radius 1 is 1.19 bits per heavy atom. The van der Waals surface area contributed by atoms with E-state index in [1.165, 1.54) is 4.90 Å². The molecule has 4 rings (SSSR count). The molecule has 1 unspecified atom stereocenters. The molecule has 1 atom stereocenters. The molecule has 7 nitrogen and oxygen atoms in total. The van der Waals surface area contributed by atoms with Crippen molar-refractivity contribution in [3.63, 3.8) is 0 Å². The number of carbonyl (C=O) groups excluding carboxylic acids is 1. The Hall–Kier alpha value is -3.00. The number of aliphatic carboxylic acids is 1. The maximum atomic E-state index is 12.9. The Balaban J connectivity index is 1.58. The summed E-state index contributed by atoms with van der Waals surface area (Å²) in [7, 11) is 0. The number of hydrogen-bond donors (Lipinski definition) is 1. The molecule has 132 valence electrons. The predicted octanol–water partition coefficient (Wildman–Crippen LogP) is 2.04. The molecule has 0 fully saturated rings.